The molecular formula is C27H28N4O3S. The second-order valence-electron chi connectivity index (χ2n) is 8.56. The molecule has 0 spiro atoms. The Balaban J connectivity index is 1.56. The topological polar surface area (TPSA) is 93.1 Å². The Morgan fingerprint density at radius 1 is 0.943 bits per heavy atom. The first-order valence-corrected chi connectivity index (χ1v) is 12.7. The molecule has 0 atom stereocenters. The molecule has 8 heteroatoms. The van der Waals surface area contributed by atoms with Crippen LogP contribution in [0.15, 0.2) is 78.0 Å². The Morgan fingerprint density at radius 3 is 2.43 bits per heavy atom. The normalized spacial score (nSPS) is 11.3. The van der Waals surface area contributed by atoms with Crippen molar-refractivity contribution in [1.82, 2.24) is 14.9 Å². The third-order valence-electron chi connectivity index (χ3n) is 5.89. The molecule has 1 heterocycles. The van der Waals surface area contributed by atoms with Gasteiger partial charge >= 0.3 is 0 Å². The molecular weight excluding hydrogens is 460 g/mol. The van der Waals surface area contributed by atoms with Crippen molar-refractivity contribution in [3.05, 3.63) is 107 Å². The number of nitrogens with one attached hydrogen (secondary N) is 2. The second-order valence-corrected chi connectivity index (χ2v) is 10.2. The monoisotopic (exact) mass is 488 g/mol. The lowest BCUT2D eigenvalue weighted by molar-refractivity contribution is 0.0950. The van der Waals surface area contributed by atoms with Gasteiger partial charge in [-0.2, -0.15) is 0 Å². The Bertz CT molecular complexity index is 1510. The lowest BCUT2D eigenvalue weighted by atomic mass is 10.1. The number of carbonyl (C=O) groups is 1. The van der Waals surface area contributed by atoms with E-state index in [0.29, 0.717) is 11.3 Å². The average molecular weight is 489 g/mol. The van der Waals surface area contributed by atoms with Crippen molar-refractivity contribution in [1.29, 1.82) is 0 Å². The number of carbonyl (C=O) groups excluding carboxylic acids is 1. The molecule has 4 rings (SSSR count). The molecule has 0 bridgehead atoms. The second kappa shape index (κ2) is 9.76. The lowest BCUT2D eigenvalue weighted by Gasteiger charge is -2.15. The summed E-state index contributed by atoms with van der Waals surface area (Å²) < 4.78 is 31.0. The number of sulfonamides is 1. The SMILES string of the molecule is Cc1ccc(C)c(NS(=O)(=O)c2cc(C(=O)NCc3ccccc3-n3ccnc3C)ccc2C)c1. The van der Waals surface area contributed by atoms with Crippen LogP contribution in [0.1, 0.15) is 38.4 Å². The van der Waals surface area contributed by atoms with Crippen LogP contribution in [0.4, 0.5) is 5.69 Å². The number of anilines is 1. The summed E-state index contributed by atoms with van der Waals surface area (Å²) in [5.74, 6) is 0.485. The van der Waals surface area contributed by atoms with Crippen molar-refractivity contribution in [3.63, 3.8) is 0 Å². The summed E-state index contributed by atoms with van der Waals surface area (Å²) in [7, 11) is -3.89. The standard InChI is InChI=1S/C27H28N4O3S/c1-18-9-10-19(2)24(15-18)30-35(33,34)26-16-22(12-11-20(26)3)27(32)29-17-23-7-5-6-8-25(23)31-14-13-28-21(31)4/h5-16,30H,17H2,1-4H3,(H,29,32). The van der Waals surface area contributed by atoms with Crippen LogP contribution in [0.2, 0.25) is 0 Å². The minimum Gasteiger partial charge on any atom is -0.348 e. The quantitative estimate of drug-likeness (QED) is 0.389. The number of nitrogens with zero attached hydrogens (tertiary/aromatic N) is 2. The lowest BCUT2D eigenvalue weighted by Crippen LogP contribution is -2.24. The van der Waals surface area contributed by atoms with E-state index < -0.39 is 10.0 Å². The average Bonchev–Trinajstić information content (AvgIpc) is 3.25. The fourth-order valence-electron chi connectivity index (χ4n) is 3.88. The first-order chi connectivity index (χ1) is 16.7. The Morgan fingerprint density at radius 2 is 1.69 bits per heavy atom. The van der Waals surface area contributed by atoms with E-state index in [1.807, 2.05) is 67.9 Å². The molecule has 0 fully saturated rings. The number of imidazole rings is 1. The third kappa shape index (κ3) is 5.27. The van der Waals surface area contributed by atoms with Gasteiger partial charge in [0.15, 0.2) is 0 Å². The maximum absolute atomic E-state index is 13.2. The largest absolute Gasteiger partial charge is 0.348 e. The van der Waals surface area contributed by atoms with Crippen molar-refractivity contribution in [2.45, 2.75) is 39.1 Å². The number of rotatable bonds is 7. The van der Waals surface area contributed by atoms with Crippen LogP contribution in [0.5, 0.6) is 0 Å². The highest BCUT2D eigenvalue weighted by Gasteiger charge is 2.20. The molecule has 0 unspecified atom stereocenters. The summed E-state index contributed by atoms with van der Waals surface area (Å²) in [5.41, 5.74) is 4.95. The highest BCUT2D eigenvalue weighted by Crippen LogP contribution is 2.24. The summed E-state index contributed by atoms with van der Waals surface area (Å²) in [6.45, 7) is 7.65. The molecule has 0 saturated carbocycles. The van der Waals surface area contributed by atoms with Crippen molar-refractivity contribution >= 4 is 21.6 Å². The molecule has 0 saturated heterocycles. The number of amides is 1. The van der Waals surface area contributed by atoms with Crippen LogP contribution in [0.3, 0.4) is 0 Å². The van der Waals surface area contributed by atoms with Crippen LogP contribution in [-0.4, -0.2) is 23.9 Å². The molecule has 180 valence electrons. The summed E-state index contributed by atoms with van der Waals surface area (Å²) in [4.78, 5) is 17.3. The van der Waals surface area contributed by atoms with Crippen molar-refractivity contribution in [2.24, 2.45) is 0 Å². The highest BCUT2D eigenvalue weighted by molar-refractivity contribution is 7.92. The van der Waals surface area contributed by atoms with E-state index in [0.717, 1.165) is 28.2 Å². The number of para-hydroxylation sites is 1. The molecule has 35 heavy (non-hydrogen) atoms. The molecule has 1 aromatic heterocycles. The van der Waals surface area contributed by atoms with Crippen molar-refractivity contribution in [2.75, 3.05) is 4.72 Å². The van der Waals surface area contributed by atoms with Crippen molar-refractivity contribution < 1.29 is 13.2 Å². The summed E-state index contributed by atoms with van der Waals surface area (Å²) >= 11 is 0. The molecule has 0 aliphatic heterocycles. The predicted molar refractivity (Wildman–Crippen MR) is 137 cm³/mol. The molecule has 1 amide bonds. The maximum atomic E-state index is 13.2. The Kier molecular flexibility index (Phi) is 6.75. The van der Waals surface area contributed by atoms with Gasteiger partial charge in [-0.15, -0.1) is 0 Å². The first kappa shape index (κ1) is 24.2. The zero-order valence-electron chi connectivity index (χ0n) is 20.2. The van der Waals surface area contributed by atoms with Crippen LogP contribution in [0, 0.1) is 27.7 Å². The molecule has 7 nitrogen and oxygen atoms in total. The van der Waals surface area contributed by atoms with Gasteiger partial charge < -0.3 is 9.88 Å². The van der Waals surface area contributed by atoms with Gasteiger partial charge in [0, 0.05) is 24.5 Å². The molecule has 2 N–H and O–H groups in total. The summed E-state index contributed by atoms with van der Waals surface area (Å²) in [6, 6.07) is 18.0. The van der Waals surface area contributed by atoms with E-state index in [9.17, 15) is 13.2 Å². The number of aryl methyl sites for hydroxylation is 4. The van der Waals surface area contributed by atoms with E-state index in [-0.39, 0.29) is 22.9 Å². The van der Waals surface area contributed by atoms with Crippen LogP contribution in [0.25, 0.3) is 5.69 Å². The van der Waals surface area contributed by atoms with Gasteiger partial charge in [0.2, 0.25) is 0 Å². The Hall–Kier alpha value is -3.91. The van der Waals surface area contributed by atoms with Crippen LogP contribution >= 0.6 is 0 Å². The van der Waals surface area contributed by atoms with Gasteiger partial charge in [-0.1, -0.05) is 36.4 Å². The van der Waals surface area contributed by atoms with Crippen LogP contribution in [-0.2, 0) is 16.6 Å². The van der Waals surface area contributed by atoms with Gasteiger partial charge in [-0.05, 0) is 74.2 Å². The van der Waals surface area contributed by atoms with Gasteiger partial charge in [-0.25, -0.2) is 13.4 Å². The van der Waals surface area contributed by atoms with Crippen LogP contribution < -0.4 is 10.0 Å². The Labute approximate surface area is 205 Å². The molecule has 0 aliphatic rings. The molecule has 0 radical (unpaired) electrons. The zero-order chi connectivity index (χ0) is 25.2. The highest BCUT2D eigenvalue weighted by atomic mass is 32.2. The fourth-order valence-corrected chi connectivity index (χ4v) is 5.28. The minimum atomic E-state index is -3.89. The maximum Gasteiger partial charge on any atom is 0.262 e. The van der Waals surface area contributed by atoms with Gasteiger partial charge in [0.25, 0.3) is 15.9 Å². The van der Waals surface area contributed by atoms with Gasteiger partial charge in [0.05, 0.1) is 16.3 Å². The van der Waals surface area contributed by atoms with E-state index in [1.54, 1.807) is 31.3 Å². The smallest absolute Gasteiger partial charge is 0.262 e. The fraction of sp³-hybridized carbons (Fsp3) is 0.185. The van der Waals surface area contributed by atoms with E-state index in [4.69, 9.17) is 0 Å². The van der Waals surface area contributed by atoms with Gasteiger partial charge in [0.1, 0.15) is 5.82 Å². The number of benzene rings is 3. The van der Waals surface area contributed by atoms with E-state index >= 15 is 0 Å². The number of hydrogen-bond donors (Lipinski definition) is 2. The van der Waals surface area contributed by atoms with E-state index in [2.05, 4.69) is 15.0 Å². The molecule has 4 aromatic rings. The van der Waals surface area contributed by atoms with E-state index in [1.165, 1.54) is 6.07 Å². The summed E-state index contributed by atoms with van der Waals surface area (Å²) in [5, 5.41) is 2.91. The molecule has 3 aromatic carbocycles. The molecule has 0 aliphatic carbocycles. The summed E-state index contributed by atoms with van der Waals surface area (Å²) in [6.07, 6.45) is 3.60. The number of hydrogen-bond acceptors (Lipinski definition) is 4. The first-order valence-electron chi connectivity index (χ1n) is 11.2. The zero-order valence-corrected chi connectivity index (χ0v) is 21.0. The van der Waals surface area contributed by atoms with Gasteiger partial charge in [-0.3, -0.25) is 9.52 Å². The van der Waals surface area contributed by atoms with Crippen molar-refractivity contribution in [3.8, 4) is 5.69 Å². The third-order valence-corrected chi connectivity index (χ3v) is 7.40. The predicted octanol–water partition coefficient (Wildman–Crippen LogP) is 4.84. The number of aromatic nitrogens is 2. The minimum absolute atomic E-state index is 0.0699.